The first-order valence-corrected chi connectivity index (χ1v) is 7.84. The Balaban J connectivity index is 2.61. The van der Waals surface area contributed by atoms with Gasteiger partial charge in [0, 0.05) is 25.2 Å². The highest BCUT2D eigenvalue weighted by Gasteiger charge is 2.29. The molecule has 1 heterocycles. The summed E-state index contributed by atoms with van der Waals surface area (Å²) in [6.45, 7) is 13.9. The largest absolute Gasteiger partial charge is 0.478 e. The van der Waals surface area contributed by atoms with Gasteiger partial charge in [-0.15, -0.1) is 13.2 Å². The molecule has 1 amide bonds. The lowest BCUT2D eigenvalue weighted by atomic mass is 10.0. The van der Waals surface area contributed by atoms with Gasteiger partial charge in [0.15, 0.2) is 0 Å². The molecule has 0 aromatic rings. The van der Waals surface area contributed by atoms with Gasteiger partial charge < -0.3 is 10.0 Å². The van der Waals surface area contributed by atoms with Crippen LogP contribution in [0.1, 0.15) is 19.3 Å². The van der Waals surface area contributed by atoms with E-state index in [1.54, 1.807) is 6.08 Å². The van der Waals surface area contributed by atoms with Gasteiger partial charge in [-0.1, -0.05) is 24.8 Å². The molecule has 1 atom stereocenters. The predicted molar refractivity (Wildman–Crippen MR) is 91.8 cm³/mol. The maximum atomic E-state index is 12.0. The number of carbonyl (C=O) groups is 2. The number of hydrogen-bond donors (Lipinski definition) is 1. The van der Waals surface area contributed by atoms with Crippen LogP contribution in [-0.2, 0) is 9.59 Å². The van der Waals surface area contributed by atoms with Gasteiger partial charge in [-0.3, -0.25) is 9.69 Å². The van der Waals surface area contributed by atoms with E-state index in [0.29, 0.717) is 31.4 Å². The number of aliphatic carboxylic acids is 1. The predicted octanol–water partition coefficient (Wildman–Crippen LogP) is 2.44. The van der Waals surface area contributed by atoms with Gasteiger partial charge in [0.1, 0.15) is 0 Å². The zero-order valence-corrected chi connectivity index (χ0v) is 13.6. The number of carboxylic acids is 1. The first-order valence-electron chi connectivity index (χ1n) is 7.84. The monoisotopic (exact) mass is 318 g/mol. The summed E-state index contributed by atoms with van der Waals surface area (Å²) in [4.78, 5) is 27.1. The molecule has 1 saturated heterocycles. The molecule has 1 unspecified atom stereocenters. The van der Waals surface area contributed by atoms with E-state index in [9.17, 15) is 14.7 Å². The Hall–Kier alpha value is -2.14. The zero-order chi connectivity index (χ0) is 17.2. The van der Waals surface area contributed by atoms with Crippen molar-refractivity contribution < 1.29 is 14.7 Å². The Labute approximate surface area is 138 Å². The van der Waals surface area contributed by atoms with Crippen LogP contribution in [0.3, 0.4) is 0 Å². The number of nitrogens with zero attached hydrogens (tertiary/aromatic N) is 2. The summed E-state index contributed by atoms with van der Waals surface area (Å²) in [7, 11) is 0. The maximum absolute atomic E-state index is 12.0. The van der Waals surface area contributed by atoms with Gasteiger partial charge in [-0.05, 0) is 32.0 Å². The summed E-state index contributed by atoms with van der Waals surface area (Å²) < 4.78 is 0. The van der Waals surface area contributed by atoms with Crippen LogP contribution in [0.4, 0.5) is 0 Å². The van der Waals surface area contributed by atoms with Crippen molar-refractivity contribution >= 4 is 11.9 Å². The number of hydrogen-bond acceptors (Lipinski definition) is 3. The Morgan fingerprint density at radius 2 is 1.96 bits per heavy atom. The van der Waals surface area contributed by atoms with E-state index in [1.165, 1.54) is 11.1 Å². The molecule has 0 radical (unpaired) electrons. The Morgan fingerprint density at radius 1 is 1.30 bits per heavy atom. The molecule has 0 aromatic heterocycles. The minimum atomic E-state index is -0.950. The van der Waals surface area contributed by atoms with Crippen molar-refractivity contribution in [3.05, 3.63) is 49.7 Å². The highest BCUT2D eigenvalue weighted by Crippen LogP contribution is 2.22. The smallest absolute Gasteiger partial charge is 0.331 e. The molecule has 0 spiro atoms. The molecule has 23 heavy (non-hydrogen) atoms. The van der Waals surface area contributed by atoms with Crippen molar-refractivity contribution in [3.63, 3.8) is 0 Å². The molecular formula is C18H26N2O3. The van der Waals surface area contributed by atoms with Crippen LogP contribution < -0.4 is 0 Å². The first-order chi connectivity index (χ1) is 11.0. The second kappa shape index (κ2) is 9.79. The zero-order valence-electron chi connectivity index (χ0n) is 13.6. The number of rotatable bonds is 11. The second-order valence-electron chi connectivity index (χ2n) is 5.55. The van der Waals surface area contributed by atoms with Gasteiger partial charge in [-0.25, -0.2) is 4.79 Å². The van der Waals surface area contributed by atoms with E-state index < -0.39 is 5.97 Å². The van der Waals surface area contributed by atoms with Crippen molar-refractivity contribution in [2.24, 2.45) is 5.92 Å². The molecular weight excluding hydrogens is 292 g/mol. The molecule has 1 fully saturated rings. The van der Waals surface area contributed by atoms with Gasteiger partial charge in [0.05, 0.1) is 5.92 Å². The average Bonchev–Trinajstić information content (AvgIpc) is 2.86. The summed E-state index contributed by atoms with van der Waals surface area (Å²) in [6, 6.07) is 0. The fourth-order valence-corrected chi connectivity index (χ4v) is 2.68. The van der Waals surface area contributed by atoms with Crippen LogP contribution in [0, 0.1) is 5.92 Å². The molecule has 0 saturated carbocycles. The molecule has 1 N–H and O–H groups in total. The normalized spacial score (nSPS) is 18.3. The van der Waals surface area contributed by atoms with Crippen LogP contribution in [0.5, 0.6) is 0 Å². The molecule has 1 aliphatic rings. The topological polar surface area (TPSA) is 60.9 Å². The Morgan fingerprint density at radius 3 is 2.43 bits per heavy atom. The second-order valence-corrected chi connectivity index (χ2v) is 5.55. The van der Waals surface area contributed by atoms with Crippen LogP contribution >= 0.6 is 0 Å². The van der Waals surface area contributed by atoms with Crippen molar-refractivity contribution in [3.8, 4) is 0 Å². The number of likely N-dealkylation sites (tertiary alicyclic amines) is 1. The van der Waals surface area contributed by atoms with E-state index in [0.717, 1.165) is 19.6 Å². The lowest BCUT2D eigenvalue weighted by Crippen LogP contribution is -2.25. The van der Waals surface area contributed by atoms with E-state index in [2.05, 4.69) is 24.6 Å². The highest BCUT2D eigenvalue weighted by atomic mass is 16.4. The number of carbonyl (C=O) groups excluding carboxylic acids is 1. The fourth-order valence-electron chi connectivity index (χ4n) is 2.68. The van der Waals surface area contributed by atoms with E-state index in [1.807, 2.05) is 12.2 Å². The molecule has 0 aromatic carbocycles. The van der Waals surface area contributed by atoms with Gasteiger partial charge in [0.25, 0.3) is 0 Å². The average molecular weight is 318 g/mol. The third-order valence-electron chi connectivity index (χ3n) is 3.87. The first kappa shape index (κ1) is 18.9. The summed E-state index contributed by atoms with van der Waals surface area (Å²) >= 11 is 0. The quantitative estimate of drug-likeness (QED) is 0.469. The highest BCUT2D eigenvalue weighted by molar-refractivity contribution is 5.89. The molecule has 1 rings (SSSR count). The van der Waals surface area contributed by atoms with Gasteiger partial charge in [-0.2, -0.15) is 0 Å². The van der Waals surface area contributed by atoms with E-state index >= 15 is 0 Å². The van der Waals surface area contributed by atoms with Crippen LogP contribution in [0.25, 0.3) is 0 Å². The van der Waals surface area contributed by atoms with Crippen molar-refractivity contribution in [2.45, 2.75) is 19.3 Å². The summed E-state index contributed by atoms with van der Waals surface area (Å²) in [5.41, 5.74) is 0.311. The Bertz CT molecular complexity index is 486. The van der Waals surface area contributed by atoms with Crippen molar-refractivity contribution in [2.75, 3.05) is 26.2 Å². The van der Waals surface area contributed by atoms with Crippen LogP contribution in [-0.4, -0.2) is 53.0 Å². The van der Waals surface area contributed by atoms with Crippen LogP contribution in [0.2, 0.25) is 0 Å². The lowest BCUT2D eigenvalue weighted by molar-refractivity contribution is -0.132. The van der Waals surface area contributed by atoms with Crippen molar-refractivity contribution in [1.82, 2.24) is 9.80 Å². The number of amides is 1. The molecule has 1 aliphatic heterocycles. The van der Waals surface area contributed by atoms with Crippen LogP contribution in [0.15, 0.2) is 49.7 Å². The summed E-state index contributed by atoms with van der Waals surface area (Å²) in [6.07, 6.45) is 8.54. The third kappa shape index (κ3) is 5.87. The molecule has 126 valence electrons. The van der Waals surface area contributed by atoms with E-state index in [-0.39, 0.29) is 11.8 Å². The summed E-state index contributed by atoms with van der Waals surface area (Å²) in [5.74, 6) is -1.37. The number of carboxylic acid groups (broad SMARTS) is 1. The molecule has 0 aliphatic carbocycles. The Kier molecular flexibility index (Phi) is 8.05. The van der Waals surface area contributed by atoms with Gasteiger partial charge >= 0.3 is 5.97 Å². The third-order valence-corrected chi connectivity index (χ3v) is 3.87. The molecule has 0 bridgehead atoms. The van der Waals surface area contributed by atoms with E-state index in [4.69, 9.17) is 0 Å². The fraction of sp³-hybridized carbons (Fsp3) is 0.444. The maximum Gasteiger partial charge on any atom is 0.331 e. The molecule has 5 heteroatoms. The minimum Gasteiger partial charge on any atom is -0.478 e. The minimum absolute atomic E-state index is 0.0707. The molecule has 5 nitrogen and oxygen atoms in total. The van der Waals surface area contributed by atoms with Gasteiger partial charge in [0.2, 0.25) is 5.91 Å². The lowest BCUT2D eigenvalue weighted by Gasteiger charge is -2.18. The SMILES string of the molecule is C=CCN(CC=C)CCCC(=CC1CCN(C=C)C1=O)C(=O)O. The standard InChI is InChI=1S/C18H26N2O3/c1-4-10-19(11-5-2)12-7-8-16(18(22)23)14-15-9-13-20(6-3)17(15)21/h4-6,14-15H,1-3,7-13H2,(H,22,23). The summed E-state index contributed by atoms with van der Waals surface area (Å²) in [5, 5.41) is 9.36. The van der Waals surface area contributed by atoms with Crippen molar-refractivity contribution in [1.29, 1.82) is 0 Å².